The lowest BCUT2D eigenvalue weighted by atomic mass is 9.74. The van der Waals surface area contributed by atoms with Gasteiger partial charge in [-0.15, -0.1) is 0 Å². The molecule has 2 aliphatic heterocycles. The molecule has 6 nitrogen and oxygen atoms in total. The fraction of sp³-hybridized carbons (Fsp3) is 0.382. The third kappa shape index (κ3) is 5.87. The van der Waals surface area contributed by atoms with Crippen LogP contribution in [0.15, 0.2) is 71.3 Å². The first-order valence-corrected chi connectivity index (χ1v) is 15.1. The van der Waals surface area contributed by atoms with E-state index in [4.69, 9.17) is 20.9 Å². The van der Waals surface area contributed by atoms with Crippen molar-refractivity contribution < 1.29 is 22.4 Å². The van der Waals surface area contributed by atoms with E-state index in [-0.39, 0.29) is 10.8 Å². The minimum atomic E-state index is -4.40. The van der Waals surface area contributed by atoms with Crippen molar-refractivity contribution >= 4 is 34.5 Å². The Morgan fingerprint density at radius 3 is 2.36 bits per heavy atom. The average molecular weight is 625 g/mol. The predicted molar refractivity (Wildman–Crippen MR) is 168 cm³/mol. The summed E-state index contributed by atoms with van der Waals surface area (Å²) in [5, 5.41) is 8.28. The van der Waals surface area contributed by atoms with E-state index in [2.05, 4.69) is 47.1 Å². The van der Waals surface area contributed by atoms with Gasteiger partial charge in [0, 0.05) is 40.7 Å². The number of rotatable bonds is 6. The highest BCUT2D eigenvalue weighted by molar-refractivity contribution is 6.32. The summed E-state index contributed by atoms with van der Waals surface area (Å²) in [4.78, 5) is 4.84. The number of hydrogen-bond acceptors (Lipinski definition) is 6. The smallest absolute Gasteiger partial charge is 0.416 e. The van der Waals surface area contributed by atoms with Crippen molar-refractivity contribution in [1.29, 1.82) is 0 Å². The second-order valence-corrected chi connectivity index (χ2v) is 13.4. The van der Waals surface area contributed by atoms with Gasteiger partial charge in [-0.05, 0) is 67.7 Å². The number of anilines is 4. The van der Waals surface area contributed by atoms with Gasteiger partial charge in [0.1, 0.15) is 5.75 Å². The number of likely N-dealkylation sites (tertiary alicyclic amines) is 1. The van der Waals surface area contributed by atoms with Gasteiger partial charge in [-0.2, -0.15) is 13.2 Å². The van der Waals surface area contributed by atoms with Gasteiger partial charge in [0.15, 0.2) is 11.6 Å². The molecule has 0 saturated carbocycles. The van der Waals surface area contributed by atoms with Crippen molar-refractivity contribution in [2.75, 3.05) is 43.5 Å². The van der Waals surface area contributed by atoms with Crippen LogP contribution in [0.1, 0.15) is 44.7 Å². The first kappa shape index (κ1) is 30.3. The minimum absolute atomic E-state index is 0.133. The monoisotopic (exact) mass is 624 g/mol. The number of para-hydroxylation sites is 2. The highest BCUT2D eigenvalue weighted by Crippen LogP contribution is 2.56. The Morgan fingerprint density at radius 1 is 1.00 bits per heavy atom. The van der Waals surface area contributed by atoms with Gasteiger partial charge in [-0.25, -0.2) is 0 Å². The molecule has 1 saturated heterocycles. The Hall–Kier alpha value is -3.69. The van der Waals surface area contributed by atoms with E-state index in [9.17, 15) is 13.2 Å². The SMILES string of the molecule is COc1ccc(Cl)c2c1N(c1ccccc1Nc1cc(-c3ccc(C(F)(F)F)cc3)on1)CC21CCN(CC(C)(C)C)CC1. The molecule has 4 aromatic rings. The number of nitrogens with zero attached hydrogens (tertiary/aromatic N) is 3. The molecule has 0 atom stereocenters. The first-order valence-electron chi connectivity index (χ1n) is 14.7. The fourth-order valence-corrected chi connectivity index (χ4v) is 6.97. The molecule has 2 aliphatic rings. The molecule has 3 heterocycles. The van der Waals surface area contributed by atoms with Crippen molar-refractivity contribution in [2.24, 2.45) is 5.41 Å². The fourth-order valence-electron chi connectivity index (χ4n) is 6.62. The second kappa shape index (κ2) is 11.3. The van der Waals surface area contributed by atoms with Gasteiger partial charge in [0.05, 0.1) is 29.7 Å². The van der Waals surface area contributed by atoms with Crippen LogP contribution in [-0.2, 0) is 11.6 Å². The molecule has 232 valence electrons. The van der Waals surface area contributed by atoms with E-state index in [0.717, 1.165) is 84.6 Å². The summed E-state index contributed by atoms with van der Waals surface area (Å²) in [6.07, 6.45) is -2.44. The van der Waals surface area contributed by atoms with Gasteiger partial charge in [0.2, 0.25) is 0 Å². The van der Waals surface area contributed by atoms with E-state index in [1.165, 1.54) is 12.1 Å². The zero-order valence-corrected chi connectivity index (χ0v) is 26.0. The molecule has 6 rings (SSSR count). The Bertz CT molecular complexity index is 1640. The molecule has 1 aromatic heterocycles. The molecular formula is C34H36ClF3N4O2. The molecule has 3 aromatic carbocycles. The second-order valence-electron chi connectivity index (χ2n) is 13.0. The summed E-state index contributed by atoms with van der Waals surface area (Å²) in [6.45, 7) is 10.6. The van der Waals surface area contributed by atoms with E-state index < -0.39 is 11.7 Å². The van der Waals surface area contributed by atoms with Crippen LogP contribution in [-0.4, -0.2) is 43.3 Å². The molecular weight excluding hydrogens is 589 g/mol. The van der Waals surface area contributed by atoms with Crippen LogP contribution in [0, 0.1) is 5.41 Å². The van der Waals surface area contributed by atoms with Gasteiger partial charge in [-0.1, -0.05) is 61.8 Å². The van der Waals surface area contributed by atoms with E-state index in [1.807, 2.05) is 30.3 Å². The number of aromatic nitrogens is 1. The van der Waals surface area contributed by atoms with E-state index in [1.54, 1.807) is 13.2 Å². The largest absolute Gasteiger partial charge is 0.495 e. The topological polar surface area (TPSA) is 53.8 Å². The van der Waals surface area contributed by atoms with Gasteiger partial charge in [0.25, 0.3) is 0 Å². The number of alkyl halides is 3. The maximum Gasteiger partial charge on any atom is 0.416 e. The quantitative estimate of drug-likeness (QED) is 0.231. The van der Waals surface area contributed by atoms with E-state index >= 15 is 0 Å². The molecule has 1 fully saturated rings. The normalized spacial score (nSPS) is 16.8. The summed E-state index contributed by atoms with van der Waals surface area (Å²) < 4.78 is 50.5. The van der Waals surface area contributed by atoms with Gasteiger partial charge >= 0.3 is 6.18 Å². The molecule has 0 aliphatic carbocycles. The van der Waals surface area contributed by atoms with Crippen LogP contribution in [0.25, 0.3) is 11.3 Å². The van der Waals surface area contributed by atoms with Crippen LogP contribution in [0.3, 0.4) is 0 Å². The minimum Gasteiger partial charge on any atom is -0.495 e. The lowest BCUT2D eigenvalue weighted by molar-refractivity contribution is -0.137. The molecule has 0 amide bonds. The lowest BCUT2D eigenvalue weighted by Crippen LogP contribution is -2.46. The molecule has 44 heavy (non-hydrogen) atoms. The Labute approximate surface area is 260 Å². The number of piperidine rings is 1. The maximum atomic E-state index is 13.0. The van der Waals surface area contributed by atoms with Gasteiger partial charge < -0.3 is 24.4 Å². The average Bonchev–Trinajstić information content (AvgIpc) is 3.58. The summed E-state index contributed by atoms with van der Waals surface area (Å²) in [5.74, 6) is 1.56. The lowest BCUT2D eigenvalue weighted by Gasteiger charge is -2.42. The standard InChI is InChI=1S/C34H36ClF3N4O2/c1-32(2,3)20-41-17-15-33(16-18-41)21-42(31-27(43-4)14-13-24(35)30(31)33)26-8-6-5-7-25(26)39-29-19-28(44-40-29)22-9-11-23(12-10-22)34(36,37)38/h5-14,19H,15-18,20-21H2,1-4H3,(H,39,40). The Kier molecular flexibility index (Phi) is 7.82. The van der Waals surface area contributed by atoms with Crippen LogP contribution in [0.4, 0.5) is 36.1 Å². The van der Waals surface area contributed by atoms with E-state index in [0.29, 0.717) is 17.1 Å². The molecule has 10 heteroatoms. The number of nitrogens with one attached hydrogen (secondary N) is 1. The predicted octanol–water partition coefficient (Wildman–Crippen LogP) is 9.30. The van der Waals surface area contributed by atoms with Gasteiger partial charge in [-0.3, -0.25) is 0 Å². The molecule has 1 N–H and O–H groups in total. The Balaban J connectivity index is 1.31. The third-order valence-electron chi connectivity index (χ3n) is 8.55. The number of hydrogen-bond donors (Lipinski definition) is 1. The first-order chi connectivity index (χ1) is 20.9. The van der Waals surface area contributed by atoms with Crippen LogP contribution in [0.2, 0.25) is 5.02 Å². The molecule has 0 radical (unpaired) electrons. The van der Waals surface area contributed by atoms with Crippen LogP contribution in [0.5, 0.6) is 5.75 Å². The zero-order chi connectivity index (χ0) is 31.3. The number of halogens is 4. The van der Waals surface area contributed by atoms with Crippen molar-refractivity contribution in [3.8, 4) is 17.1 Å². The maximum absolute atomic E-state index is 13.0. The highest BCUT2D eigenvalue weighted by Gasteiger charge is 2.48. The summed E-state index contributed by atoms with van der Waals surface area (Å²) in [7, 11) is 1.68. The molecule has 0 unspecified atom stereocenters. The Morgan fingerprint density at radius 2 is 1.70 bits per heavy atom. The van der Waals surface area contributed by atoms with Crippen LogP contribution < -0.4 is 15.0 Å². The molecule has 0 bridgehead atoms. The summed E-state index contributed by atoms with van der Waals surface area (Å²) in [5.41, 5.74) is 3.72. The molecule has 1 spiro atoms. The zero-order valence-electron chi connectivity index (χ0n) is 25.3. The van der Waals surface area contributed by atoms with Crippen molar-refractivity contribution in [2.45, 2.75) is 45.2 Å². The summed E-state index contributed by atoms with van der Waals surface area (Å²) >= 11 is 6.99. The third-order valence-corrected chi connectivity index (χ3v) is 8.86. The number of ether oxygens (including phenoxy) is 1. The number of methoxy groups -OCH3 is 1. The summed E-state index contributed by atoms with van der Waals surface area (Å²) in [6, 6.07) is 18.3. The van der Waals surface area contributed by atoms with Crippen molar-refractivity contribution in [3.05, 3.63) is 82.9 Å². The number of fused-ring (bicyclic) bond motifs is 2. The van der Waals surface area contributed by atoms with Crippen molar-refractivity contribution in [3.63, 3.8) is 0 Å². The van der Waals surface area contributed by atoms with Crippen LogP contribution >= 0.6 is 11.6 Å². The number of benzene rings is 3. The highest BCUT2D eigenvalue weighted by atomic mass is 35.5. The van der Waals surface area contributed by atoms with Crippen molar-refractivity contribution in [1.82, 2.24) is 10.1 Å².